The summed E-state index contributed by atoms with van der Waals surface area (Å²) in [6.07, 6.45) is 2.24. The molecule has 6 aromatic rings. The average molecular weight is 841 g/mol. The van der Waals surface area contributed by atoms with Crippen LogP contribution in [0.3, 0.4) is 0 Å². The van der Waals surface area contributed by atoms with Crippen LogP contribution in [-0.2, 0) is 40.5 Å². The molecule has 0 fully saturated rings. The van der Waals surface area contributed by atoms with Crippen molar-refractivity contribution in [2.24, 2.45) is 20.5 Å². The molecule has 0 amide bonds. The molecule has 0 bridgehead atoms. The first-order valence-electron chi connectivity index (χ1n) is 15.3. The molecule has 18 nitrogen and oxygen atoms in total. The molecule has 0 spiro atoms. The largest absolute Gasteiger partial charge is 0.506 e. The van der Waals surface area contributed by atoms with Crippen molar-refractivity contribution < 1.29 is 62.1 Å². The fourth-order valence-electron chi connectivity index (χ4n) is 5.38. The zero-order valence-electron chi connectivity index (χ0n) is 27.8. The minimum Gasteiger partial charge on any atom is -0.506 e. The number of nitrogens with zero attached hydrogens (tertiary/aromatic N) is 4. The maximum atomic E-state index is 12.4. The topological polar surface area (TPSA) is 307 Å². The third kappa shape index (κ3) is 8.61. The minimum atomic E-state index is -4.95. The number of phenols is 2. The Balaban J connectivity index is 1.33. The Morgan fingerprint density at radius 1 is 0.411 bits per heavy atom. The first kappa shape index (κ1) is 39.7. The first-order valence-corrected chi connectivity index (χ1v) is 21.1. The summed E-state index contributed by atoms with van der Waals surface area (Å²) in [5, 5.41) is 37.6. The molecular weight excluding hydrogens is 817 g/mol. The van der Waals surface area contributed by atoms with Gasteiger partial charge in [0.15, 0.2) is 0 Å². The summed E-state index contributed by atoms with van der Waals surface area (Å²) in [6, 6.07) is 18.9. The van der Waals surface area contributed by atoms with Crippen molar-refractivity contribution >= 4 is 96.9 Å². The third-order valence-corrected chi connectivity index (χ3v) is 11.5. The van der Waals surface area contributed by atoms with Crippen LogP contribution in [0.1, 0.15) is 11.1 Å². The minimum absolute atomic E-state index is 0.134. The lowest BCUT2D eigenvalue weighted by molar-refractivity contribution is 0.476. The third-order valence-electron chi connectivity index (χ3n) is 8.00. The van der Waals surface area contributed by atoms with Crippen molar-refractivity contribution in [1.29, 1.82) is 0 Å². The highest BCUT2D eigenvalue weighted by atomic mass is 32.2. The van der Waals surface area contributed by atoms with E-state index in [9.17, 15) is 62.1 Å². The van der Waals surface area contributed by atoms with Gasteiger partial charge < -0.3 is 10.2 Å². The van der Waals surface area contributed by atoms with Gasteiger partial charge in [-0.05, 0) is 82.6 Å². The second kappa shape index (κ2) is 14.6. The van der Waals surface area contributed by atoms with Crippen LogP contribution in [0.2, 0.25) is 0 Å². The van der Waals surface area contributed by atoms with Crippen molar-refractivity contribution in [1.82, 2.24) is 0 Å². The van der Waals surface area contributed by atoms with E-state index in [2.05, 4.69) is 20.5 Å². The summed E-state index contributed by atoms with van der Waals surface area (Å²) < 4.78 is 134. The maximum absolute atomic E-state index is 12.4. The van der Waals surface area contributed by atoms with Gasteiger partial charge >= 0.3 is 0 Å². The molecule has 0 heterocycles. The zero-order valence-corrected chi connectivity index (χ0v) is 31.0. The average Bonchev–Trinajstić information content (AvgIpc) is 3.11. The number of fused-ring (bicyclic) bond motifs is 2. The fourth-order valence-corrected chi connectivity index (χ4v) is 7.82. The van der Waals surface area contributed by atoms with Gasteiger partial charge in [-0.15, -0.1) is 10.2 Å². The number of hydrogen-bond donors (Lipinski definition) is 6. The molecule has 288 valence electrons. The van der Waals surface area contributed by atoms with Gasteiger partial charge in [-0.2, -0.15) is 43.9 Å². The molecule has 6 rings (SSSR count). The molecule has 22 heteroatoms. The highest BCUT2D eigenvalue weighted by Gasteiger charge is 2.19. The van der Waals surface area contributed by atoms with E-state index in [4.69, 9.17) is 0 Å². The molecular formula is C34H24N4O14S4. The highest BCUT2D eigenvalue weighted by molar-refractivity contribution is 7.86. The summed E-state index contributed by atoms with van der Waals surface area (Å²) in [7, 11) is -19.0. The predicted octanol–water partition coefficient (Wildman–Crippen LogP) is 7.39. The van der Waals surface area contributed by atoms with Crippen LogP contribution in [0, 0.1) is 0 Å². The van der Waals surface area contributed by atoms with E-state index in [0.29, 0.717) is 0 Å². The van der Waals surface area contributed by atoms with Crippen LogP contribution in [0.4, 0.5) is 22.7 Å². The molecule has 0 radical (unpaired) electrons. The van der Waals surface area contributed by atoms with Gasteiger partial charge in [-0.1, -0.05) is 48.6 Å². The molecule has 6 N–H and O–H groups in total. The molecule has 0 saturated heterocycles. The molecule has 0 atom stereocenters. The Hall–Kier alpha value is -5.98. The Morgan fingerprint density at radius 2 is 0.786 bits per heavy atom. The zero-order chi connectivity index (χ0) is 40.8. The van der Waals surface area contributed by atoms with E-state index in [-0.39, 0.29) is 66.9 Å². The highest BCUT2D eigenvalue weighted by Crippen LogP contribution is 2.39. The van der Waals surface area contributed by atoms with Crippen molar-refractivity contribution in [2.45, 2.75) is 19.6 Å². The van der Waals surface area contributed by atoms with Crippen molar-refractivity contribution in [2.75, 3.05) is 0 Å². The van der Waals surface area contributed by atoms with E-state index in [1.54, 1.807) is 0 Å². The first-order chi connectivity index (χ1) is 26.1. The normalized spacial score (nSPS) is 13.1. The smallest absolute Gasteiger partial charge is 0.295 e. The predicted molar refractivity (Wildman–Crippen MR) is 201 cm³/mol. The lowest BCUT2D eigenvalue weighted by Gasteiger charge is -2.07. The van der Waals surface area contributed by atoms with Crippen LogP contribution in [0.25, 0.3) is 33.7 Å². The summed E-state index contributed by atoms with van der Waals surface area (Å²) in [6.45, 7) is 0. The van der Waals surface area contributed by atoms with E-state index in [1.807, 2.05) is 0 Å². The van der Waals surface area contributed by atoms with Crippen LogP contribution < -0.4 is 0 Å². The second-order valence-electron chi connectivity index (χ2n) is 11.7. The summed E-state index contributed by atoms with van der Waals surface area (Å²) >= 11 is 0. The number of phenolic OH excluding ortho intramolecular Hbond substituents is 2. The van der Waals surface area contributed by atoms with Crippen molar-refractivity contribution in [3.8, 4) is 11.5 Å². The van der Waals surface area contributed by atoms with Crippen molar-refractivity contribution in [3.63, 3.8) is 0 Å². The molecule has 0 aliphatic heterocycles. The van der Waals surface area contributed by atoms with Crippen LogP contribution in [0.15, 0.2) is 137 Å². The second-order valence-corrected chi connectivity index (χ2v) is 17.3. The van der Waals surface area contributed by atoms with Crippen molar-refractivity contribution in [3.05, 3.63) is 108 Å². The fraction of sp³-hybridized carbons (Fsp3) is 0. The van der Waals surface area contributed by atoms with Gasteiger partial charge in [0.1, 0.15) is 32.7 Å². The van der Waals surface area contributed by atoms with E-state index >= 15 is 0 Å². The molecule has 0 aliphatic rings. The number of rotatable bonds is 10. The molecule has 0 aliphatic carbocycles. The van der Waals surface area contributed by atoms with E-state index < -0.39 is 60.1 Å². The summed E-state index contributed by atoms with van der Waals surface area (Å²) in [5.74, 6) is -0.748. The van der Waals surface area contributed by atoms with E-state index in [1.165, 1.54) is 60.7 Å². The SMILES string of the molecule is O=S(=O)(O)c1ccc2c(N=Nc3ccc(C=Cc4ccc(N=Nc5c(O)ccc6cc(S(=O)(=O)O)ccc56)cc4S(=O)(=O)O)c(S(=O)(=O)O)c3)c(O)ccc2c1. The van der Waals surface area contributed by atoms with Gasteiger partial charge in [0.05, 0.1) is 21.2 Å². The lowest BCUT2D eigenvalue weighted by atomic mass is 10.1. The standard InChI is InChI=1S/C34H24N4O14S4/c39-29-13-5-21-15-25(53(41,42)43)9-11-27(21)33(29)37-35-23-7-3-19(31(17-23)55(47,48)49)1-2-20-4-8-24(18-32(20)56(50,51)52)36-38-34-28-12-10-26(54(44,45)46)16-22(28)6-14-30(34)40/h1-18,39-40H,(H,41,42,43)(H,44,45,46)(H,47,48,49)(H,50,51,52). The summed E-state index contributed by atoms with van der Waals surface area (Å²) in [5.41, 5.74) is -0.858. The Kier molecular flexibility index (Phi) is 10.3. The molecule has 6 aromatic carbocycles. The number of hydrogen-bond acceptors (Lipinski definition) is 14. The Morgan fingerprint density at radius 3 is 1.12 bits per heavy atom. The summed E-state index contributed by atoms with van der Waals surface area (Å²) in [4.78, 5) is -2.21. The molecule has 0 unspecified atom stereocenters. The van der Waals surface area contributed by atoms with Gasteiger partial charge in [0, 0.05) is 10.8 Å². The van der Waals surface area contributed by atoms with Gasteiger partial charge in [-0.3, -0.25) is 18.2 Å². The lowest BCUT2D eigenvalue weighted by Crippen LogP contribution is -2.01. The monoisotopic (exact) mass is 840 g/mol. The Labute approximate surface area is 317 Å². The molecule has 56 heavy (non-hydrogen) atoms. The quantitative estimate of drug-likeness (QED) is 0.0445. The van der Waals surface area contributed by atoms with E-state index in [0.717, 1.165) is 48.6 Å². The maximum Gasteiger partial charge on any atom is 0.295 e. The van der Waals surface area contributed by atoms with Gasteiger partial charge in [-0.25, -0.2) is 0 Å². The molecule has 0 saturated carbocycles. The molecule has 0 aromatic heterocycles. The van der Waals surface area contributed by atoms with Crippen LogP contribution >= 0.6 is 0 Å². The van der Waals surface area contributed by atoms with Gasteiger partial charge in [0.25, 0.3) is 40.5 Å². The number of benzene rings is 6. The van der Waals surface area contributed by atoms with Crippen LogP contribution in [-0.4, -0.2) is 62.1 Å². The number of azo groups is 2. The van der Waals surface area contributed by atoms with Gasteiger partial charge in [0.2, 0.25) is 0 Å². The number of aromatic hydroxyl groups is 2. The Bertz CT molecular complexity index is 2950. The van der Waals surface area contributed by atoms with Crippen LogP contribution in [0.5, 0.6) is 11.5 Å².